The molecule has 0 aliphatic carbocycles. The Hall–Kier alpha value is -5.53. The standard InChI is InChI=1S/C36H74N18O7/c37-16-4-1-11-23(50-28(55)22(40)10-7-19-47-34(41)42)29(56)51-24(12-2-5-17-38)30(57)52-25(13-3-6-18-39)31(58)53-26(14-8-20-48-35(43)44)32(59)54-27(33(60)61)15-9-21-49-36(45)46/h22-27H,1-21,37-40H2,(H,50,55)(H,51,56)(H,52,57)(H,53,58)(H,54,59)(H,60,61)(H4,41,42,47)(H4,43,44,48)(H4,45,46,49)/t22-,23-,24-,25-,26-,27-/m0/s1. The summed E-state index contributed by atoms with van der Waals surface area (Å²) >= 11 is 0. The second-order valence-electron chi connectivity index (χ2n) is 14.5. The zero-order valence-electron chi connectivity index (χ0n) is 35.3. The van der Waals surface area contributed by atoms with Gasteiger partial charge in [-0.2, -0.15) is 0 Å². The van der Waals surface area contributed by atoms with E-state index in [4.69, 9.17) is 57.3 Å². The van der Waals surface area contributed by atoms with Gasteiger partial charge in [0, 0.05) is 19.6 Å². The predicted octanol–water partition coefficient (Wildman–Crippen LogP) is -5.63. The highest BCUT2D eigenvalue weighted by Crippen LogP contribution is 2.10. The molecule has 6 atom stereocenters. The number of carboxylic acids is 1. The van der Waals surface area contributed by atoms with Crippen LogP contribution in [0, 0.1) is 0 Å². The number of nitrogens with one attached hydrogen (secondary N) is 5. The topological polar surface area (TPSA) is 480 Å². The fourth-order valence-corrected chi connectivity index (χ4v) is 5.84. The van der Waals surface area contributed by atoms with Crippen molar-refractivity contribution < 1.29 is 33.9 Å². The van der Waals surface area contributed by atoms with Crippen molar-refractivity contribution in [2.75, 3.05) is 39.3 Å². The molecule has 0 fully saturated rings. The summed E-state index contributed by atoms with van der Waals surface area (Å²) in [5.74, 6) is -5.26. The van der Waals surface area contributed by atoms with E-state index >= 15 is 0 Å². The second kappa shape index (κ2) is 33.2. The number of unbranched alkanes of at least 4 members (excludes halogenated alkanes) is 3. The van der Waals surface area contributed by atoms with Crippen LogP contribution >= 0.6 is 0 Å². The molecule has 0 spiro atoms. The molecule has 0 unspecified atom stereocenters. The van der Waals surface area contributed by atoms with Crippen molar-refractivity contribution in [1.29, 1.82) is 0 Å². The quantitative estimate of drug-likeness (QED) is 0.0160. The minimum Gasteiger partial charge on any atom is -0.480 e. The lowest BCUT2D eigenvalue weighted by Crippen LogP contribution is -2.59. The Morgan fingerprint density at radius 2 is 0.656 bits per heavy atom. The number of hydrogen-bond donors (Lipinski definition) is 16. The lowest BCUT2D eigenvalue weighted by atomic mass is 10.0. The summed E-state index contributed by atoms with van der Waals surface area (Å²) in [6.45, 7) is 1.45. The number of carbonyl (C=O) groups is 6. The van der Waals surface area contributed by atoms with Crippen molar-refractivity contribution in [3.63, 3.8) is 0 Å². The molecule has 5 amide bonds. The Morgan fingerprint density at radius 1 is 0.393 bits per heavy atom. The van der Waals surface area contributed by atoms with Crippen LogP contribution in [-0.4, -0.2) is 134 Å². The van der Waals surface area contributed by atoms with Crippen molar-refractivity contribution in [1.82, 2.24) is 26.6 Å². The van der Waals surface area contributed by atoms with Crippen molar-refractivity contribution in [3.05, 3.63) is 0 Å². The fourth-order valence-electron chi connectivity index (χ4n) is 5.84. The van der Waals surface area contributed by atoms with Crippen LogP contribution in [0.2, 0.25) is 0 Å². The summed E-state index contributed by atoms with van der Waals surface area (Å²) in [7, 11) is 0. The zero-order chi connectivity index (χ0) is 46.2. The van der Waals surface area contributed by atoms with Gasteiger partial charge in [0.1, 0.15) is 30.2 Å². The largest absolute Gasteiger partial charge is 0.480 e. The Labute approximate surface area is 357 Å². The summed E-state index contributed by atoms with van der Waals surface area (Å²) < 4.78 is 0. The minimum atomic E-state index is -1.34. The average molecular weight is 871 g/mol. The van der Waals surface area contributed by atoms with Gasteiger partial charge in [0.05, 0.1) is 6.04 Å². The Balaban J connectivity index is 6.37. The summed E-state index contributed by atoms with van der Waals surface area (Å²) in [5.41, 5.74) is 55.5. The first kappa shape index (κ1) is 55.5. The lowest BCUT2D eigenvalue weighted by Gasteiger charge is -2.27. The van der Waals surface area contributed by atoms with E-state index in [-0.39, 0.29) is 88.9 Å². The molecule has 0 aliphatic heterocycles. The molecule has 0 aromatic rings. The van der Waals surface area contributed by atoms with Gasteiger partial charge >= 0.3 is 5.97 Å². The summed E-state index contributed by atoms with van der Waals surface area (Å²) in [4.78, 5) is 92.0. The molecule has 0 aliphatic rings. The van der Waals surface area contributed by atoms with Crippen LogP contribution < -0.4 is 83.9 Å². The highest BCUT2D eigenvalue weighted by atomic mass is 16.4. The van der Waals surface area contributed by atoms with Crippen LogP contribution in [0.3, 0.4) is 0 Å². The SMILES string of the molecule is NCCCC[C@H](NC(=O)[C@H](CCCCN)NC(=O)[C@H](CCCCN)NC(=O)[C@@H](N)CCCN=C(N)N)C(=O)N[C@@H](CCCN=C(N)N)C(=O)N[C@@H](CCCN=C(N)N)C(=O)O. The van der Waals surface area contributed by atoms with E-state index < -0.39 is 71.8 Å². The number of nitrogens with two attached hydrogens (primary N) is 10. The highest BCUT2D eigenvalue weighted by Gasteiger charge is 2.32. The highest BCUT2D eigenvalue weighted by molar-refractivity contribution is 5.96. The summed E-state index contributed by atoms with van der Waals surface area (Å²) in [5, 5.41) is 23.1. The van der Waals surface area contributed by atoms with Crippen LogP contribution in [0.1, 0.15) is 96.3 Å². The Kier molecular flexibility index (Phi) is 30.2. The molecule has 0 aromatic carbocycles. The van der Waals surface area contributed by atoms with Gasteiger partial charge in [0.15, 0.2) is 17.9 Å². The van der Waals surface area contributed by atoms with E-state index in [9.17, 15) is 33.9 Å². The van der Waals surface area contributed by atoms with Crippen molar-refractivity contribution in [2.45, 2.75) is 133 Å². The molecule has 350 valence electrons. The molecular weight excluding hydrogens is 797 g/mol. The molecule has 26 N–H and O–H groups in total. The number of rotatable bonds is 35. The van der Waals surface area contributed by atoms with Gasteiger partial charge in [0.25, 0.3) is 0 Å². The van der Waals surface area contributed by atoms with E-state index in [2.05, 4.69) is 41.6 Å². The minimum absolute atomic E-state index is 0.00683. The predicted molar refractivity (Wildman–Crippen MR) is 234 cm³/mol. The van der Waals surface area contributed by atoms with E-state index in [0.717, 1.165) is 0 Å². The second-order valence-corrected chi connectivity index (χ2v) is 14.5. The molecule has 25 heteroatoms. The molecule has 61 heavy (non-hydrogen) atoms. The van der Waals surface area contributed by atoms with Crippen molar-refractivity contribution >= 4 is 53.4 Å². The van der Waals surface area contributed by atoms with Crippen molar-refractivity contribution in [3.8, 4) is 0 Å². The van der Waals surface area contributed by atoms with Crippen molar-refractivity contribution in [2.24, 2.45) is 72.3 Å². The van der Waals surface area contributed by atoms with Gasteiger partial charge in [-0.15, -0.1) is 0 Å². The smallest absolute Gasteiger partial charge is 0.326 e. The molecule has 0 radical (unpaired) electrons. The van der Waals surface area contributed by atoms with Crippen LogP contribution in [0.5, 0.6) is 0 Å². The molecule has 0 heterocycles. The third kappa shape index (κ3) is 27.0. The first-order valence-electron chi connectivity index (χ1n) is 20.7. The number of aliphatic imine (C=N–C) groups is 3. The zero-order valence-corrected chi connectivity index (χ0v) is 35.3. The number of carbonyl (C=O) groups excluding carboxylic acids is 5. The number of amides is 5. The maximum atomic E-state index is 14.0. The lowest BCUT2D eigenvalue weighted by molar-refractivity contribution is -0.142. The normalized spacial score (nSPS) is 13.8. The van der Waals surface area contributed by atoms with Crippen LogP contribution in [0.4, 0.5) is 0 Å². The summed E-state index contributed by atoms with van der Waals surface area (Å²) in [6, 6.07) is -7.04. The number of carboxylic acid groups (broad SMARTS) is 1. The van der Waals surface area contributed by atoms with E-state index in [1.54, 1.807) is 0 Å². The van der Waals surface area contributed by atoms with Crippen LogP contribution in [-0.2, 0) is 28.8 Å². The maximum absolute atomic E-state index is 14.0. The van der Waals surface area contributed by atoms with E-state index in [1.807, 2.05) is 0 Å². The molecule has 0 saturated carbocycles. The monoisotopic (exact) mass is 871 g/mol. The first-order valence-corrected chi connectivity index (χ1v) is 20.7. The van der Waals surface area contributed by atoms with Gasteiger partial charge in [-0.1, -0.05) is 0 Å². The molecule has 0 rings (SSSR count). The Bertz CT molecular complexity index is 1420. The molecule has 0 bridgehead atoms. The van der Waals surface area contributed by atoms with E-state index in [1.165, 1.54) is 0 Å². The van der Waals surface area contributed by atoms with Gasteiger partial charge in [0.2, 0.25) is 29.5 Å². The van der Waals surface area contributed by atoms with Crippen LogP contribution in [0.25, 0.3) is 0 Å². The fraction of sp³-hybridized carbons (Fsp3) is 0.750. The Morgan fingerprint density at radius 3 is 0.951 bits per heavy atom. The molecule has 0 saturated heterocycles. The molecule has 0 aromatic heterocycles. The first-order chi connectivity index (χ1) is 29.0. The number of guanidine groups is 3. The molecule has 25 nitrogen and oxygen atoms in total. The van der Waals surface area contributed by atoms with Gasteiger partial charge in [-0.25, -0.2) is 4.79 Å². The maximum Gasteiger partial charge on any atom is 0.326 e. The number of aliphatic carboxylic acids is 1. The molecular formula is C36H74N18O7. The van der Waals surface area contributed by atoms with Gasteiger partial charge in [-0.05, 0) is 116 Å². The van der Waals surface area contributed by atoms with Gasteiger partial charge in [-0.3, -0.25) is 38.9 Å². The van der Waals surface area contributed by atoms with Crippen LogP contribution in [0.15, 0.2) is 15.0 Å². The third-order valence-corrected chi connectivity index (χ3v) is 9.18. The number of hydrogen-bond acceptors (Lipinski definition) is 13. The number of nitrogens with zero attached hydrogens (tertiary/aromatic N) is 3. The third-order valence-electron chi connectivity index (χ3n) is 9.18. The average Bonchev–Trinajstić information content (AvgIpc) is 3.19. The summed E-state index contributed by atoms with van der Waals surface area (Å²) in [6.07, 6.45) is 4.38. The van der Waals surface area contributed by atoms with Gasteiger partial charge < -0.3 is 89.0 Å². The van der Waals surface area contributed by atoms with E-state index in [0.29, 0.717) is 64.6 Å².